The first-order valence-electron chi connectivity index (χ1n) is 9.46. The van der Waals surface area contributed by atoms with Crippen LogP contribution in [-0.2, 0) is 11.3 Å². The average Bonchev–Trinajstić information content (AvgIpc) is 3.41. The van der Waals surface area contributed by atoms with Crippen molar-refractivity contribution in [2.45, 2.75) is 31.1 Å². The number of thiophene rings is 1. The quantitative estimate of drug-likeness (QED) is 0.403. The third-order valence-corrected chi connectivity index (χ3v) is 6.38. The molecule has 7 nitrogen and oxygen atoms in total. The molecule has 5 rings (SSSR count). The maximum Gasteiger partial charge on any atom is 0.206 e. The third kappa shape index (κ3) is 3.09. The number of anilines is 1. The number of fused-ring (bicyclic) bond motifs is 2. The summed E-state index contributed by atoms with van der Waals surface area (Å²) in [6.07, 6.45) is -4.03. The van der Waals surface area contributed by atoms with Gasteiger partial charge in [-0.2, -0.15) is 0 Å². The van der Waals surface area contributed by atoms with E-state index in [1.165, 1.54) is 10.1 Å². The van der Waals surface area contributed by atoms with Gasteiger partial charge >= 0.3 is 0 Å². The number of benzene rings is 2. The van der Waals surface area contributed by atoms with Crippen LogP contribution in [0.15, 0.2) is 53.9 Å². The highest BCUT2D eigenvalue weighted by atomic mass is 32.1. The lowest BCUT2D eigenvalue weighted by molar-refractivity contribution is -0.0499. The van der Waals surface area contributed by atoms with Crippen molar-refractivity contribution in [1.29, 1.82) is 0 Å². The molecule has 2 aromatic carbocycles. The van der Waals surface area contributed by atoms with Crippen LogP contribution in [0.2, 0.25) is 0 Å². The van der Waals surface area contributed by atoms with Crippen LogP contribution in [0.5, 0.6) is 0 Å². The van der Waals surface area contributed by atoms with Gasteiger partial charge in [-0.1, -0.05) is 30.3 Å². The molecule has 1 saturated heterocycles. The fourth-order valence-electron chi connectivity index (χ4n) is 3.86. The standard InChI is InChI=1S/C21H21N3O4S/c25-10-16-18(26)19(27)20(28-16)24-15-7-3-2-6-14(15)23-21(24)22-9-12-11-29-17-8-4-1-5-13(12)17/h1-8,11,16,18-20,25-27H,9-10H2,(H,22,23)/t16-,18-,19-,20-/m1/s1. The molecule has 29 heavy (non-hydrogen) atoms. The number of nitrogens with one attached hydrogen (secondary N) is 1. The van der Waals surface area contributed by atoms with Gasteiger partial charge in [-0.15, -0.1) is 11.3 Å². The first-order valence-corrected chi connectivity index (χ1v) is 10.3. The minimum atomic E-state index is -1.17. The molecular formula is C21H21N3O4S. The first kappa shape index (κ1) is 18.5. The van der Waals surface area contributed by atoms with Gasteiger partial charge in [-0.05, 0) is 34.5 Å². The summed E-state index contributed by atoms with van der Waals surface area (Å²) < 4.78 is 8.75. The van der Waals surface area contributed by atoms with Gasteiger partial charge < -0.3 is 25.4 Å². The highest BCUT2D eigenvalue weighted by Crippen LogP contribution is 2.35. The van der Waals surface area contributed by atoms with E-state index in [1.807, 2.05) is 36.4 Å². The van der Waals surface area contributed by atoms with E-state index in [4.69, 9.17) is 4.74 Å². The van der Waals surface area contributed by atoms with Gasteiger partial charge in [0.15, 0.2) is 6.23 Å². The molecule has 8 heteroatoms. The SMILES string of the molecule is OC[C@H]1O[C@@H](n2c(NCc3csc4ccccc34)nc3ccccc32)[C@H](O)[C@@H]1O. The van der Waals surface area contributed by atoms with Crippen molar-refractivity contribution >= 4 is 38.4 Å². The number of hydrogen-bond donors (Lipinski definition) is 4. The molecular weight excluding hydrogens is 390 g/mol. The average molecular weight is 411 g/mol. The lowest BCUT2D eigenvalue weighted by Crippen LogP contribution is -2.33. The summed E-state index contributed by atoms with van der Waals surface area (Å²) in [5, 5.41) is 36.9. The zero-order valence-electron chi connectivity index (χ0n) is 15.5. The van der Waals surface area contributed by atoms with Crippen LogP contribution in [0, 0.1) is 0 Å². The molecule has 1 aliphatic rings. The Morgan fingerprint density at radius 2 is 1.86 bits per heavy atom. The van der Waals surface area contributed by atoms with Gasteiger partial charge in [0.1, 0.15) is 18.3 Å². The summed E-state index contributed by atoms with van der Waals surface area (Å²) in [6.45, 7) is 0.188. The Balaban J connectivity index is 1.51. The van der Waals surface area contributed by atoms with Crippen LogP contribution in [0.1, 0.15) is 11.8 Å². The van der Waals surface area contributed by atoms with E-state index >= 15 is 0 Å². The number of nitrogens with zero attached hydrogens (tertiary/aromatic N) is 2. The molecule has 0 bridgehead atoms. The van der Waals surface area contributed by atoms with Crippen molar-refractivity contribution in [3.05, 3.63) is 59.5 Å². The van der Waals surface area contributed by atoms with Crippen LogP contribution in [0.25, 0.3) is 21.1 Å². The Hall–Kier alpha value is -2.49. The number of aliphatic hydroxyl groups is 3. The first-order chi connectivity index (χ1) is 14.2. The maximum absolute atomic E-state index is 10.5. The van der Waals surface area contributed by atoms with E-state index in [-0.39, 0.29) is 6.61 Å². The summed E-state index contributed by atoms with van der Waals surface area (Å²) in [5.74, 6) is 0.538. The minimum absolute atomic E-state index is 0.370. The molecule has 4 aromatic rings. The number of ether oxygens (including phenoxy) is 1. The number of imidazole rings is 1. The van der Waals surface area contributed by atoms with Gasteiger partial charge in [0, 0.05) is 11.2 Å². The molecule has 1 fully saturated rings. The second-order valence-electron chi connectivity index (χ2n) is 7.13. The second kappa shape index (κ2) is 7.40. The van der Waals surface area contributed by atoms with Crippen molar-refractivity contribution in [2.75, 3.05) is 11.9 Å². The van der Waals surface area contributed by atoms with Crippen molar-refractivity contribution in [1.82, 2.24) is 9.55 Å². The zero-order valence-corrected chi connectivity index (χ0v) is 16.3. The van der Waals surface area contributed by atoms with Crippen molar-refractivity contribution in [2.24, 2.45) is 0 Å². The summed E-state index contributed by atoms with van der Waals surface area (Å²) >= 11 is 1.69. The van der Waals surface area contributed by atoms with Crippen LogP contribution < -0.4 is 5.32 Å². The monoisotopic (exact) mass is 411 g/mol. The Bertz CT molecular complexity index is 1160. The molecule has 0 radical (unpaired) electrons. The van der Waals surface area contributed by atoms with E-state index < -0.39 is 24.5 Å². The predicted octanol–water partition coefficient (Wildman–Crippen LogP) is 2.47. The molecule has 3 heterocycles. The van der Waals surface area contributed by atoms with E-state index in [1.54, 1.807) is 15.9 Å². The normalized spacial score (nSPS) is 24.5. The van der Waals surface area contributed by atoms with Gasteiger partial charge in [0.2, 0.25) is 5.95 Å². The van der Waals surface area contributed by atoms with Gasteiger partial charge in [-0.3, -0.25) is 4.57 Å². The van der Waals surface area contributed by atoms with Crippen LogP contribution in [0.3, 0.4) is 0 Å². The number of hydrogen-bond acceptors (Lipinski definition) is 7. The smallest absolute Gasteiger partial charge is 0.206 e. The highest BCUT2D eigenvalue weighted by Gasteiger charge is 2.44. The molecule has 0 saturated carbocycles. The van der Waals surface area contributed by atoms with Crippen LogP contribution >= 0.6 is 11.3 Å². The molecule has 0 aliphatic carbocycles. The minimum Gasteiger partial charge on any atom is -0.394 e. The molecule has 0 spiro atoms. The molecule has 0 unspecified atom stereocenters. The number of rotatable bonds is 5. The fraction of sp³-hybridized carbons (Fsp3) is 0.286. The van der Waals surface area contributed by atoms with E-state index in [2.05, 4.69) is 27.8 Å². The molecule has 150 valence electrons. The molecule has 2 aromatic heterocycles. The van der Waals surface area contributed by atoms with Crippen LogP contribution in [-0.4, -0.2) is 49.8 Å². The molecule has 1 aliphatic heterocycles. The summed E-state index contributed by atoms with van der Waals surface area (Å²) in [5.41, 5.74) is 2.69. The number of aromatic nitrogens is 2. The topological polar surface area (TPSA) is 99.8 Å². The zero-order chi connectivity index (χ0) is 20.0. The van der Waals surface area contributed by atoms with Gasteiger partial charge in [-0.25, -0.2) is 4.98 Å². The van der Waals surface area contributed by atoms with Crippen molar-refractivity contribution in [3.8, 4) is 0 Å². The third-order valence-electron chi connectivity index (χ3n) is 5.37. The molecule has 4 N–H and O–H groups in total. The summed E-state index contributed by atoms with van der Waals surface area (Å²) in [7, 11) is 0. The molecule has 4 atom stereocenters. The Labute approximate surface area is 170 Å². The maximum atomic E-state index is 10.5. The predicted molar refractivity (Wildman–Crippen MR) is 112 cm³/mol. The summed E-state index contributed by atoms with van der Waals surface area (Å²) in [4.78, 5) is 4.67. The van der Waals surface area contributed by atoms with Crippen LogP contribution in [0.4, 0.5) is 5.95 Å². The van der Waals surface area contributed by atoms with E-state index in [0.29, 0.717) is 12.5 Å². The largest absolute Gasteiger partial charge is 0.394 e. The fourth-order valence-corrected chi connectivity index (χ4v) is 4.83. The Kier molecular flexibility index (Phi) is 4.73. The lowest BCUT2D eigenvalue weighted by atomic mass is 10.1. The van der Waals surface area contributed by atoms with E-state index in [0.717, 1.165) is 16.6 Å². The summed E-state index contributed by atoms with van der Waals surface area (Å²) in [6, 6.07) is 15.8. The van der Waals surface area contributed by atoms with Gasteiger partial charge in [0.05, 0.1) is 17.6 Å². The highest BCUT2D eigenvalue weighted by molar-refractivity contribution is 7.17. The number of para-hydroxylation sites is 2. The van der Waals surface area contributed by atoms with Gasteiger partial charge in [0.25, 0.3) is 0 Å². The van der Waals surface area contributed by atoms with Crippen molar-refractivity contribution < 1.29 is 20.1 Å². The molecule has 0 amide bonds. The Morgan fingerprint density at radius 1 is 1.07 bits per heavy atom. The lowest BCUT2D eigenvalue weighted by Gasteiger charge is -2.20. The van der Waals surface area contributed by atoms with E-state index in [9.17, 15) is 15.3 Å². The van der Waals surface area contributed by atoms with Crippen molar-refractivity contribution in [3.63, 3.8) is 0 Å². The number of aliphatic hydroxyl groups excluding tert-OH is 3. The Morgan fingerprint density at radius 3 is 2.69 bits per heavy atom. The second-order valence-corrected chi connectivity index (χ2v) is 8.04.